The van der Waals surface area contributed by atoms with Gasteiger partial charge in [-0.15, -0.1) is 0 Å². The Balaban J connectivity index is 1.52. The molecule has 2 heterocycles. The van der Waals surface area contributed by atoms with Gasteiger partial charge in [0.15, 0.2) is 0 Å². The van der Waals surface area contributed by atoms with E-state index in [1.807, 2.05) is 19.9 Å². The number of aryl methyl sites for hydroxylation is 1. The normalized spacial score (nSPS) is 14.3. The standard InChI is InChI=1S/C28H30FN5O3/c1-5-32(6-2)21-11-13-22(14-12-21)34-18(3)15-20(19(34)4)16-25-27(36)33(28(37)31-25)17-26(35)30-24-10-8-7-9-23(24)29/h7-16H,5-6,17H2,1-4H3,(H,30,35)(H,31,37)/b25-16+. The number of carbonyl (C=O) groups is 3. The number of anilines is 2. The molecule has 9 heteroatoms. The molecule has 2 aromatic carbocycles. The minimum absolute atomic E-state index is 0.0205. The van der Waals surface area contributed by atoms with Gasteiger partial charge >= 0.3 is 6.03 Å². The number of aromatic nitrogens is 1. The maximum atomic E-state index is 13.8. The van der Waals surface area contributed by atoms with E-state index < -0.39 is 30.2 Å². The average Bonchev–Trinajstić information content (AvgIpc) is 3.30. The number of halogens is 1. The first kappa shape index (κ1) is 25.7. The van der Waals surface area contributed by atoms with Crippen LogP contribution in [0.1, 0.15) is 30.8 Å². The van der Waals surface area contributed by atoms with Gasteiger partial charge in [-0.3, -0.25) is 9.59 Å². The van der Waals surface area contributed by atoms with Crippen LogP contribution in [-0.4, -0.2) is 46.9 Å². The Hall–Kier alpha value is -4.40. The van der Waals surface area contributed by atoms with Crippen LogP contribution in [0.25, 0.3) is 11.8 Å². The lowest BCUT2D eigenvalue weighted by molar-refractivity contribution is -0.127. The van der Waals surface area contributed by atoms with Crippen LogP contribution in [0.15, 0.2) is 60.3 Å². The Morgan fingerprint density at radius 1 is 1.05 bits per heavy atom. The number of urea groups is 1. The molecule has 0 saturated carbocycles. The summed E-state index contributed by atoms with van der Waals surface area (Å²) >= 11 is 0. The molecule has 4 amide bonds. The third-order valence-electron chi connectivity index (χ3n) is 6.42. The molecule has 1 saturated heterocycles. The van der Waals surface area contributed by atoms with Gasteiger partial charge in [0.1, 0.15) is 18.1 Å². The van der Waals surface area contributed by atoms with Crippen molar-refractivity contribution in [2.75, 3.05) is 29.9 Å². The highest BCUT2D eigenvalue weighted by Gasteiger charge is 2.35. The molecule has 1 aromatic heterocycles. The molecule has 192 valence electrons. The van der Waals surface area contributed by atoms with Crippen LogP contribution in [0.4, 0.5) is 20.6 Å². The first-order chi connectivity index (χ1) is 17.7. The first-order valence-electron chi connectivity index (χ1n) is 12.2. The second-order valence-corrected chi connectivity index (χ2v) is 8.76. The summed E-state index contributed by atoms with van der Waals surface area (Å²) in [6, 6.07) is 15.2. The largest absolute Gasteiger partial charge is 0.372 e. The molecule has 0 radical (unpaired) electrons. The Morgan fingerprint density at radius 2 is 1.73 bits per heavy atom. The summed E-state index contributed by atoms with van der Waals surface area (Å²) in [6.07, 6.45) is 1.61. The molecule has 0 spiro atoms. The second-order valence-electron chi connectivity index (χ2n) is 8.76. The number of benzene rings is 2. The van der Waals surface area contributed by atoms with E-state index in [1.165, 1.54) is 18.2 Å². The van der Waals surface area contributed by atoms with Crippen LogP contribution >= 0.6 is 0 Å². The number of hydrogen-bond acceptors (Lipinski definition) is 4. The van der Waals surface area contributed by atoms with Gasteiger partial charge in [0.05, 0.1) is 5.69 Å². The zero-order valence-electron chi connectivity index (χ0n) is 21.3. The highest BCUT2D eigenvalue weighted by Crippen LogP contribution is 2.26. The lowest BCUT2D eigenvalue weighted by atomic mass is 10.2. The molecule has 2 N–H and O–H groups in total. The van der Waals surface area contributed by atoms with Crippen LogP contribution in [0.3, 0.4) is 0 Å². The quantitative estimate of drug-likeness (QED) is 0.347. The van der Waals surface area contributed by atoms with Crippen LogP contribution in [0.2, 0.25) is 0 Å². The van der Waals surface area contributed by atoms with E-state index in [0.717, 1.165) is 46.3 Å². The summed E-state index contributed by atoms with van der Waals surface area (Å²) in [4.78, 5) is 40.8. The Kier molecular flexibility index (Phi) is 7.42. The van der Waals surface area contributed by atoms with Crippen molar-refractivity contribution in [2.24, 2.45) is 0 Å². The van der Waals surface area contributed by atoms with Crippen molar-refractivity contribution >= 4 is 35.3 Å². The summed E-state index contributed by atoms with van der Waals surface area (Å²) in [5.41, 5.74) is 4.83. The topological polar surface area (TPSA) is 86.7 Å². The highest BCUT2D eigenvalue weighted by atomic mass is 19.1. The monoisotopic (exact) mass is 503 g/mol. The summed E-state index contributed by atoms with van der Waals surface area (Å²) in [5, 5.41) is 4.93. The number of carbonyl (C=O) groups excluding carboxylic acids is 3. The van der Waals surface area contributed by atoms with Gasteiger partial charge in [-0.25, -0.2) is 14.1 Å². The molecule has 0 aliphatic carbocycles. The molecule has 3 aromatic rings. The fourth-order valence-electron chi connectivity index (χ4n) is 4.50. The highest BCUT2D eigenvalue weighted by molar-refractivity contribution is 6.16. The van der Waals surface area contributed by atoms with Crippen LogP contribution in [0.5, 0.6) is 0 Å². The molecule has 1 fully saturated rings. The zero-order chi connectivity index (χ0) is 26.7. The van der Waals surface area contributed by atoms with E-state index in [9.17, 15) is 18.8 Å². The maximum Gasteiger partial charge on any atom is 0.329 e. The predicted octanol–water partition coefficient (Wildman–Crippen LogP) is 4.61. The molecule has 0 atom stereocenters. The van der Waals surface area contributed by atoms with Crippen molar-refractivity contribution in [3.8, 4) is 5.69 Å². The molecule has 8 nitrogen and oxygen atoms in total. The van der Waals surface area contributed by atoms with Crippen molar-refractivity contribution in [3.63, 3.8) is 0 Å². The summed E-state index contributed by atoms with van der Waals surface area (Å²) in [6.45, 7) is 9.48. The van der Waals surface area contributed by atoms with Gasteiger partial charge in [-0.05, 0) is 81.8 Å². The van der Waals surface area contributed by atoms with E-state index in [-0.39, 0.29) is 11.4 Å². The maximum absolute atomic E-state index is 13.8. The minimum Gasteiger partial charge on any atom is -0.372 e. The van der Waals surface area contributed by atoms with Gasteiger partial charge in [-0.1, -0.05) is 12.1 Å². The van der Waals surface area contributed by atoms with Crippen LogP contribution in [0, 0.1) is 19.7 Å². The molecular formula is C28H30FN5O3. The fourth-order valence-corrected chi connectivity index (χ4v) is 4.50. The molecule has 0 bridgehead atoms. The number of para-hydroxylation sites is 1. The first-order valence-corrected chi connectivity index (χ1v) is 12.2. The molecule has 1 aliphatic rings. The van der Waals surface area contributed by atoms with Crippen molar-refractivity contribution in [1.29, 1.82) is 0 Å². The Labute approximate surface area is 215 Å². The van der Waals surface area contributed by atoms with Crippen LogP contribution in [-0.2, 0) is 9.59 Å². The second kappa shape index (κ2) is 10.7. The average molecular weight is 504 g/mol. The predicted molar refractivity (Wildman–Crippen MR) is 142 cm³/mol. The van der Waals surface area contributed by atoms with Crippen molar-refractivity contribution in [1.82, 2.24) is 14.8 Å². The Morgan fingerprint density at radius 3 is 2.38 bits per heavy atom. The van der Waals surface area contributed by atoms with Gasteiger partial charge < -0.3 is 20.1 Å². The van der Waals surface area contributed by atoms with E-state index >= 15 is 0 Å². The van der Waals surface area contributed by atoms with E-state index in [2.05, 4.69) is 58.2 Å². The van der Waals surface area contributed by atoms with E-state index in [0.29, 0.717) is 0 Å². The third-order valence-corrected chi connectivity index (χ3v) is 6.42. The third kappa shape index (κ3) is 5.25. The van der Waals surface area contributed by atoms with Crippen molar-refractivity contribution in [2.45, 2.75) is 27.7 Å². The number of imide groups is 1. The fraction of sp³-hybridized carbons (Fsp3) is 0.250. The summed E-state index contributed by atoms with van der Waals surface area (Å²) in [5.74, 6) is -1.91. The summed E-state index contributed by atoms with van der Waals surface area (Å²) in [7, 11) is 0. The molecule has 4 rings (SSSR count). The molecule has 0 unspecified atom stereocenters. The van der Waals surface area contributed by atoms with Gasteiger partial charge in [0.25, 0.3) is 5.91 Å². The summed E-state index contributed by atoms with van der Waals surface area (Å²) < 4.78 is 15.9. The SMILES string of the molecule is CCN(CC)c1ccc(-n2c(C)cc(/C=C3/NC(=O)N(CC(=O)Nc4ccccc4F)C3=O)c2C)cc1. The minimum atomic E-state index is -0.708. The van der Waals surface area contributed by atoms with E-state index in [4.69, 9.17) is 0 Å². The Bertz CT molecular complexity index is 1370. The van der Waals surface area contributed by atoms with E-state index in [1.54, 1.807) is 12.1 Å². The molecule has 1 aliphatic heterocycles. The van der Waals surface area contributed by atoms with Gasteiger partial charge in [0, 0.05) is 35.9 Å². The lowest BCUT2D eigenvalue weighted by Gasteiger charge is -2.21. The molecule has 37 heavy (non-hydrogen) atoms. The smallest absolute Gasteiger partial charge is 0.329 e. The molecular weight excluding hydrogens is 473 g/mol. The van der Waals surface area contributed by atoms with Crippen molar-refractivity contribution in [3.05, 3.63) is 83.1 Å². The number of hydrogen-bond donors (Lipinski definition) is 2. The number of amides is 4. The lowest BCUT2D eigenvalue weighted by Crippen LogP contribution is -2.38. The number of nitrogens with zero attached hydrogens (tertiary/aromatic N) is 3. The zero-order valence-corrected chi connectivity index (χ0v) is 21.3. The number of nitrogens with one attached hydrogen (secondary N) is 2. The van der Waals surface area contributed by atoms with Crippen LogP contribution < -0.4 is 15.5 Å². The van der Waals surface area contributed by atoms with Crippen molar-refractivity contribution < 1.29 is 18.8 Å². The van der Waals surface area contributed by atoms with Gasteiger partial charge in [-0.2, -0.15) is 0 Å². The van der Waals surface area contributed by atoms with Gasteiger partial charge in [0.2, 0.25) is 5.91 Å². The number of rotatable bonds is 8.